The van der Waals surface area contributed by atoms with E-state index in [-0.39, 0.29) is 35.8 Å². The summed E-state index contributed by atoms with van der Waals surface area (Å²) in [5.74, 6) is 0.390. The molecule has 216 valence electrons. The van der Waals surface area contributed by atoms with Gasteiger partial charge >= 0.3 is 6.18 Å². The van der Waals surface area contributed by atoms with Gasteiger partial charge in [0.1, 0.15) is 5.75 Å². The van der Waals surface area contributed by atoms with E-state index in [2.05, 4.69) is 25.6 Å². The van der Waals surface area contributed by atoms with Crippen molar-refractivity contribution in [1.29, 1.82) is 0 Å². The van der Waals surface area contributed by atoms with Crippen LogP contribution >= 0.6 is 0 Å². The van der Waals surface area contributed by atoms with Crippen LogP contribution in [0.4, 0.5) is 19.0 Å². The molecule has 4 aromatic rings. The fourth-order valence-corrected chi connectivity index (χ4v) is 3.75. The molecule has 1 amide bonds. The Labute approximate surface area is 231 Å². The third-order valence-electron chi connectivity index (χ3n) is 5.84. The van der Waals surface area contributed by atoms with Gasteiger partial charge in [0.05, 0.1) is 45.2 Å². The van der Waals surface area contributed by atoms with E-state index in [0.717, 1.165) is 12.8 Å². The fraction of sp³-hybridized carbons (Fsp3) is 0.346. The fourth-order valence-electron chi connectivity index (χ4n) is 3.75. The number of rotatable bonds is 12. The first-order valence-corrected chi connectivity index (χ1v) is 12.4. The Morgan fingerprint density at radius 3 is 2.51 bits per heavy atom. The van der Waals surface area contributed by atoms with Crippen molar-refractivity contribution in [2.45, 2.75) is 31.7 Å². The largest absolute Gasteiger partial charge is 0.493 e. The van der Waals surface area contributed by atoms with Crippen LogP contribution in [0.25, 0.3) is 10.9 Å². The van der Waals surface area contributed by atoms with Crippen molar-refractivity contribution in [2.24, 2.45) is 0 Å². The van der Waals surface area contributed by atoms with E-state index in [1.54, 1.807) is 24.4 Å². The smallest absolute Gasteiger partial charge is 0.422 e. The molecule has 1 saturated carbocycles. The van der Waals surface area contributed by atoms with Gasteiger partial charge in [-0.2, -0.15) is 18.3 Å². The molecule has 12 nitrogen and oxygen atoms in total. The standard InChI is InChI=1S/C26H25F3N6O6/c1-37-19-11-16-17(12-20(19)38-2)30-8-7-18(16)41-23-6-5-22(32-33-23)31-25(36)24-21(40-14-26(27,28)29)13-35(34-24)9-10-39-15-3-4-15/h5-8,11-13,15H,3-4,9-10,14H2,1-2H3,(H,31,32,36). The minimum Gasteiger partial charge on any atom is -0.493 e. The number of carbonyl (C=O) groups is 1. The molecule has 1 aromatic carbocycles. The highest BCUT2D eigenvalue weighted by molar-refractivity contribution is 6.04. The van der Waals surface area contributed by atoms with Gasteiger partial charge < -0.3 is 29.0 Å². The van der Waals surface area contributed by atoms with Crippen molar-refractivity contribution in [3.63, 3.8) is 0 Å². The topological polar surface area (TPSA) is 132 Å². The summed E-state index contributed by atoms with van der Waals surface area (Å²) in [5.41, 5.74) is 0.259. The first-order chi connectivity index (χ1) is 19.7. The predicted octanol–water partition coefficient (Wildman–Crippen LogP) is 4.40. The zero-order valence-corrected chi connectivity index (χ0v) is 22.0. The SMILES string of the molecule is COc1cc2nccc(Oc3ccc(NC(=O)c4nn(CCOC5CC5)cc4OCC(F)(F)F)nn3)c2cc1OC. The summed E-state index contributed by atoms with van der Waals surface area (Å²) in [6.45, 7) is -1.04. The highest BCUT2D eigenvalue weighted by Crippen LogP contribution is 2.36. The summed E-state index contributed by atoms with van der Waals surface area (Å²) < 4.78 is 66.5. The molecule has 0 atom stereocenters. The van der Waals surface area contributed by atoms with E-state index in [4.69, 9.17) is 23.7 Å². The maximum atomic E-state index is 12.9. The van der Waals surface area contributed by atoms with Gasteiger partial charge in [0.15, 0.2) is 35.4 Å². The molecule has 1 fully saturated rings. The van der Waals surface area contributed by atoms with E-state index in [9.17, 15) is 18.0 Å². The second kappa shape index (κ2) is 11.8. The van der Waals surface area contributed by atoms with Gasteiger partial charge in [0.2, 0.25) is 5.88 Å². The summed E-state index contributed by atoms with van der Waals surface area (Å²) in [6.07, 6.45) is 0.332. The summed E-state index contributed by atoms with van der Waals surface area (Å²) in [6, 6.07) is 7.95. The monoisotopic (exact) mass is 574 g/mol. The molecule has 0 spiro atoms. The number of nitrogens with zero attached hydrogens (tertiary/aromatic N) is 5. The summed E-state index contributed by atoms with van der Waals surface area (Å²) >= 11 is 0. The molecule has 3 heterocycles. The Kier molecular flexibility index (Phi) is 8.05. The maximum Gasteiger partial charge on any atom is 0.422 e. The van der Waals surface area contributed by atoms with Crippen molar-refractivity contribution in [3.8, 4) is 28.9 Å². The molecule has 41 heavy (non-hydrogen) atoms. The van der Waals surface area contributed by atoms with Crippen LogP contribution in [0.2, 0.25) is 0 Å². The van der Waals surface area contributed by atoms with E-state index in [1.165, 1.54) is 37.2 Å². The van der Waals surface area contributed by atoms with Crippen LogP contribution in [0, 0.1) is 0 Å². The molecule has 15 heteroatoms. The second-order valence-electron chi connectivity index (χ2n) is 8.93. The number of carbonyl (C=O) groups excluding carboxylic acids is 1. The van der Waals surface area contributed by atoms with Crippen LogP contribution in [-0.2, 0) is 11.3 Å². The number of hydrogen-bond acceptors (Lipinski definition) is 10. The molecule has 0 saturated heterocycles. The number of fused-ring (bicyclic) bond motifs is 1. The van der Waals surface area contributed by atoms with Crippen LogP contribution in [0.1, 0.15) is 23.3 Å². The number of anilines is 1. The van der Waals surface area contributed by atoms with E-state index in [1.807, 2.05) is 0 Å². The summed E-state index contributed by atoms with van der Waals surface area (Å²) in [4.78, 5) is 17.2. The lowest BCUT2D eigenvalue weighted by atomic mass is 10.2. The Bertz CT molecular complexity index is 1520. The molecule has 1 N–H and O–H groups in total. The average Bonchev–Trinajstić information content (AvgIpc) is 3.69. The number of benzene rings is 1. The van der Waals surface area contributed by atoms with Crippen LogP contribution in [0.3, 0.4) is 0 Å². The van der Waals surface area contributed by atoms with Crippen molar-refractivity contribution in [3.05, 3.63) is 48.4 Å². The molecule has 0 aliphatic heterocycles. The molecular formula is C26H25F3N6O6. The number of aromatic nitrogens is 5. The third kappa shape index (κ3) is 7.11. The Hall–Kier alpha value is -4.66. The lowest BCUT2D eigenvalue weighted by molar-refractivity contribution is -0.153. The maximum absolute atomic E-state index is 12.9. The van der Waals surface area contributed by atoms with Crippen molar-refractivity contribution >= 4 is 22.6 Å². The second-order valence-corrected chi connectivity index (χ2v) is 8.93. The molecule has 5 rings (SSSR count). The van der Waals surface area contributed by atoms with Gasteiger partial charge in [-0.1, -0.05) is 0 Å². The molecule has 0 bridgehead atoms. The Morgan fingerprint density at radius 2 is 1.83 bits per heavy atom. The quantitative estimate of drug-likeness (QED) is 0.260. The molecule has 1 aliphatic rings. The summed E-state index contributed by atoms with van der Waals surface area (Å²) in [5, 5.41) is 15.1. The average molecular weight is 575 g/mol. The van der Waals surface area contributed by atoms with Gasteiger partial charge in [-0.25, -0.2) is 0 Å². The van der Waals surface area contributed by atoms with E-state index < -0.39 is 18.7 Å². The van der Waals surface area contributed by atoms with Crippen LogP contribution in [-0.4, -0.2) is 70.6 Å². The number of alkyl halides is 3. The minimum absolute atomic E-state index is 0.0155. The lowest BCUT2D eigenvalue weighted by Gasteiger charge is -2.12. The van der Waals surface area contributed by atoms with Crippen LogP contribution in [0.5, 0.6) is 28.9 Å². The van der Waals surface area contributed by atoms with Crippen LogP contribution in [0.15, 0.2) is 42.7 Å². The number of amides is 1. The number of pyridine rings is 1. The molecule has 0 unspecified atom stereocenters. The first kappa shape index (κ1) is 27.9. The molecule has 1 aliphatic carbocycles. The number of ether oxygens (including phenoxy) is 5. The van der Waals surface area contributed by atoms with Gasteiger partial charge in [-0.05, 0) is 31.0 Å². The number of halogens is 3. The van der Waals surface area contributed by atoms with E-state index in [0.29, 0.717) is 34.8 Å². The molecule has 3 aromatic heterocycles. The van der Waals surface area contributed by atoms with E-state index >= 15 is 0 Å². The van der Waals surface area contributed by atoms with Crippen molar-refractivity contribution < 1.29 is 41.7 Å². The highest BCUT2D eigenvalue weighted by atomic mass is 19.4. The number of nitrogens with one attached hydrogen (secondary N) is 1. The van der Waals surface area contributed by atoms with Crippen LogP contribution < -0.4 is 24.3 Å². The Balaban J connectivity index is 1.28. The molecular weight excluding hydrogens is 549 g/mol. The van der Waals surface area contributed by atoms with Crippen molar-refractivity contribution in [1.82, 2.24) is 25.0 Å². The highest BCUT2D eigenvalue weighted by Gasteiger charge is 2.30. The third-order valence-corrected chi connectivity index (χ3v) is 5.84. The van der Waals surface area contributed by atoms with Gasteiger partial charge in [0.25, 0.3) is 5.91 Å². The lowest BCUT2D eigenvalue weighted by Crippen LogP contribution is -2.21. The zero-order chi connectivity index (χ0) is 29.0. The zero-order valence-electron chi connectivity index (χ0n) is 22.0. The summed E-state index contributed by atoms with van der Waals surface area (Å²) in [7, 11) is 3.03. The number of methoxy groups -OCH3 is 2. The van der Waals surface area contributed by atoms with Gasteiger partial charge in [0, 0.05) is 23.7 Å². The van der Waals surface area contributed by atoms with Gasteiger partial charge in [-0.3, -0.25) is 14.5 Å². The predicted molar refractivity (Wildman–Crippen MR) is 138 cm³/mol. The number of hydrogen-bond donors (Lipinski definition) is 1. The minimum atomic E-state index is -4.59. The normalized spacial score (nSPS) is 13.2. The van der Waals surface area contributed by atoms with Gasteiger partial charge in [-0.15, -0.1) is 10.2 Å². The Morgan fingerprint density at radius 1 is 1.05 bits per heavy atom. The molecule has 0 radical (unpaired) electrons. The van der Waals surface area contributed by atoms with Crippen molar-refractivity contribution in [2.75, 3.05) is 32.8 Å². The first-order valence-electron chi connectivity index (χ1n) is 12.4.